The van der Waals surface area contributed by atoms with Crippen molar-refractivity contribution in [1.82, 2.24) is 10.6 Å². The Balaban J connectivity index is 0.00000420. The van der Waals surface area contributed by atoms with Gasteiger partial charge in [-0.2, -0.15) is 0 Å². The maximum absolute atomic E-state index is 5.72. The van der Waals surface area contributed by atoms with Gasteiger partial charge in [0, 0.05) is 39.3 Å². The summed E-state index contributed by atoms with van der Waals surface area (Å²) >= 11 is 0. The second-order valence-corrected chi connectivity index (χ2v) is 7.68. The number of benzene rings is 1. The molecule has 1 aliphatic heterocycles. The van der Waals surface area contributed by atoms with E-state index in [0.29, 0.717) is 11.8 Å². The van der Waals surface area contributed by atoms with E-state index in [4.69, 9.17) is 14.2 Å². The van der Waals surface area contributed by atoms with Crippen LogP contribution in [-0.2, 0) is 15.9 Å². The first-order chi connectivity index (χ1) is 13.7. The van der Waals surface area contributed by atoms with Crippen LogP contribution in [0.25, 0.3) is 0 Å². The van der Waals surface area contributed by atoms with Gasteiger partial charge >= 0.3 is 0 Å². The van der Waals surface area contributed by atoms with Crippen LogP contribution in [0.1, 0.15) is 32.3 Å². The Labute approximate surface area is 193 Å². The van der Waals surface area contributed by atoms with Crippen LogP contribution >= 0.6 is 24.0 Å². The highest BCUT2D eigenvalue weighted by molar-refractivity contribution is 14.0. The molecule has 1 saturated heterocycles. The molecule has 2 N–H and O–H groups in total. The summed E-state index contributed by atoms with van der Waals surface area (Å²) in [7, 11) is 1.80. The van der Waals surface area contributed by atoms with Crippen LogP contribution in [0.5, 0.6) is 5.75 Å². The van der Waals surface area contributed by atoms with Gasteiger partial charge in [-0.15, -0.1) is 24.0 Å². The summed E-state index contributed by atoms with van der Waals surface area (Å²) < 4.78 is 16.8. The van der Waals surface area contributed by atoms with E-state index in [-0.39, 0.29) is 24.0 Å². The van der Waals surface area contributed by atoms with E-state index in [1.807, 2.05) is 12.1 Å². The Morgan fingerprint density at radius 2 is 1.97 bits per heavy atom. The topological polar surface area (TPSA) is 64.1 Å². The molecule has 0 bridgehead atoms. The molecule has 2 rings (SSSR count). The zero-order valence-electron chi connectivity index (χ0n) is 18.1. The number of hydrogen-bond acceptors (Lipinski definition) is 4. The molecule has 7 heteroatoms. The van der Waals surface area contributed by atoms with E-state index in [0.717, 1.165) is 77.1 Å². The third kappa shape index (κ3) is 11.6. The highest BCUT2D eigenvalue weighted by Gasteiger charge is 2.15. The van der Waals surface area contributed by atoms with Gasteiger partial charge in [0.05, 0.1) is 19.8 Å². The summed E-state index contributed by atoms with van der Waals surface area (Å²) in [5, 5.41) is 6.69. The smallest absolute Gasteiger partial charge is 0.190 e. The van der Waals surface area contributed by atoms with Gasteiger partial charge in [0.15, 0.2) is 5.96 Å². The number of halogens is 1. The molecule has 0 amide bonds. The fourth-order valence-electron chi connectivity index (χ4n) is 2.91. The van der Waals surface area contributed by atoms with Crippen molar-refractivity contribution >= 4 is 29.9 Å². The molecular weight excluding hydrogens is 481 g/mol. The maximum Gasteiger partial charge on any atom is 0.190 e. The van der Waals surface area contributed by atoms with E-state index >= 15 is 0 Å². The molecule has 0 saturated carbocycles. The molecule has 1 heterocycles. The van der Waals surface area contributed by atoms with Crippen molar-refractivity contribution in [3.8, 4) is 5.75 Å². The molecule has 0 radical (unpaired) electrons. The van der Waals surface area contributed by atoms with E-state index in [2.05, 4.69) is 41.6 Å². The highest BCUT2D eigenvalue weighted by Crippen LogP contribution is 2.13. The SMILES string of the molecule is CN=C(NCCCOCC1CCOC1)NCCc1ccc(OCC(C)C)cc1.I. The summed E-state index contributed by atoms with van der Waals surface area (Å²) in [5.41, 5.74) is 1.28. The van der Waals surface area contributed by atoms with Gasteiger partial charge in [-0.3, -0.25) is 4.99 Å². The Hall–Kier alpha value is -1.06. The predicted octanol–water partition coefficient (Wildman–Crippen LogP) is 3.49. The molecule has 1 aromatic carbocycles. The molecule has 29 heavy (non-hydrogen) atoms. The monoisotopic (exact) mass is 519 g/mol. The molecule has 6 nitrogen and oxygen atoms in total. The predicted molar refractivity (Wildman–Crippen MR) is 130 cm³/mol. The van der Waals surface area contributed by atoms with Crippen LogP contribution in [0.2, 0.25) is 0 Å². The van der Waals surface area contributed by atoms with Crippen LogP contribution in [0, 0.1) is 11.8 Å². The van der Waals surface area contributed by atoms with Gasteiger partial charge in [-0.05, 0) is 42.9 Å². The van der Waals surface area contributed by atoms with E-state index < -0.39 is 0 Å². The van der Waals surface area contributed by atoms with Crippen LogP contribution in [0.3, 0.4) is 0 Å². The standard InChI is InChI=1S/C22H37N3O3.HI/c1-18(2)15-28-21-7-5-19(6-8-21)9-12-25-22(23-3)24-11-4-13-26-16-20-10-14-27-17-20;/h5-8,18,20H,4,9-17H2,1-3H3,(H2,23,24,25);1H. The van der Waals surface area contributed by atoms with Crippen LogP contribution < -0.4 is 15.4 Å². The first kappa shape index (κ1) is 26.0. The van der Waals surface area contributed by atoms with Gasteiger partial charge in [-0.1, -0.05) is 26.0 Å². The lowest BCUT2D eigenvalue weighted by Gasteiger charge is -2.13. The van der Waals surface area contributed by atoms with Crippen molar-refractivity contribution in [2.24, 2.45) is 16.8 Å². The number of ether oxygens (including phenoxy) is 3. The molecular formula is C22H38IN3O3. The van der Waals surface area contributed by atoms with Crippen LogP contribution in [0.4, 0.5) is 0 Å². The fraction of sp³-hybridized carbons (Fsp3) is 0.682. The first-order valence-corrected chi connectivity index (χ1v) is 10.5. The number of aliphatic imine (C=N–C) groups is 1. The third-order valence-corrected chi connectivity index (χ3v) is 4.57. The number of guanidine groups is 1. The highest BCUT2D eigenvalue weighted by atomic mass is 127. The largest absolute Gasteiger partial charge is 0.493 e. The van der Waals surface area contributed by atoms with Crippen LogP contribution in [-0.4, -0.2) is 59.1 Å². The summed E-state index contributed by atoms with van der Waals surface area (Å²) in [4.78, 5) is 4.27. The fourth-order valence-corrected chi connectivity index (χ4v) is 2.91. The minimum atomic E-state index is 0. The zero-order chi connectivity index (χ0) is 20.0. The van der Waals surface area contributed by atoms with Crippen molar-refractivity contribution in [2.75, 3.05) is 53.2 Å². The van der Waals surface area contributed by atoms with Gasteiger partial charge < -0.3 is 24.8 Å². The van der Waals surface area contributed by atoms with E-state index in [1.54, 1.807) is 7.05 Å². The van der Waals surface area contributed by atoms with Gasteiger partial charge in [-0.25, -0.2) is 0 Å². The normalized spacial score (nSPS) is 16.6. The summed E-state index contributed by atoms with van der Waals surface area (Å²) in [6, 6.07) is 8.34. The average molecular weight is 519 g/mol. The molecule has 1 unspecified atom stereocenters. The van der Waals surface area contributed by atoms with Crippen LogP contribution in [0.15, 0.2) is 29.3 Å². The lowest BCUT2D eigenvalue weighted by Crippen LogP contribution is -2.39. The Kier molecular flexibility index (Phi) is 14.1. The van der Waals surface area contributed by atoms with Crippen molar-refractivity contribution in [3.05, 3.63) is 29.8 Å². The van der Waals surface area contributed by atoms with Gasteiger partial charge in [0.1, 0.15) is 5.75 Å². The molecule has 0 aliphatic carbocycles. The minimum absolute atomic E-state index is 0. The van der Waals surface area contributed by atoms with Gasteiger partial charge in [0.25, 0.3) is 0 Å². The Morgan fingerprint density at radius 1 is 1.21 bits per heavy atom. The molecule has 0 aromatic heterocycles. The minimum Gasteiger partial charge on any atom is -0.493 e. The summed E-state index contributed by atoms with van der Waals surface area (Å²) in [6.07, 6.45) is 3.03. The van der Waals surface area contributed by atoms with E-state index in [9.17, 15) is 0 Å². The lowest BCUT2D eigenvalue weighted by molar-refractivity contribution is 0.0888. The summed E-state index contributed by atoms with van der Waals surface area (Å²) in [6.45, 7) is 10.1. The zero-order valence-corrected chi connectivity index (χ0v) is 20.4. The van der Waals surface area contributed by atoms with Crippen molar-refractivity contribution in [2.45, 2.75) is 33.1 Å². The molecule has 1 atom stereocenters. The third-order valence-electron chi connectivity index (χ3n) is 4.57. The van der Waals surface area contributed by atoms with E-state index in [1.165, 1.54) is 5.56 Å². The molecule has 1 aliphatic rings. The molecule has 166 valence electrons. The Bertz CT molecular complexity index is 561. The lowest BCUT2D eigenvalue weighted by atomic mass is 10.1. The Morgan fingerprint density at radius 3 is 2.62 bits per heavy atom. The quantitative estimate of drug-likeness (QED) is 0.192. The number of nitrogens with zero attached hydrogens (tertiary/aromatic N) is 1. The van der Waals surface area contributed by atoms with Gasteiger partial charge in [0.2, 0.25) is 0 Å². The second kappa shape index (κ2) is 15.7. The summed E-state index contributed by atoms with van der Waals surface area (Å²) in [5.74, 6) is 2.89. The molecule has 0 spiro atoms. The number of nitrogens with one attached hydrogen (secondary N) is 2. The number of rotatable bonds is 12. The first-order valence-electron chi connectivity index (χ1n) is 10.5. The second-order valence-electron chi connectivity index (χ2n) is 7.68. The van der Waals surface area contributed by atoms with Crippen molar-refractivity contribution in [3.63, 3.8) is 0 Å². The number of hydrogen-bond donors (Lipinski definition) is 2. The van der Waals surface area contributed by atoms with Crippen molar-refractivity contribution in [1.29, 1.82) is 0 Å². The van der Waals surface area contributed by atoms with Crippen molar-refractivity contribution < 1.29 is 14.2 Å². The maximum atomic E-state index is 5.72. The molecule has 1 aromatic rings. The average Bonchev–Trinajstić information content (AvgIpc) is 3.22. The molecule has 1 fully saturated rings.